The quantitative estimate of drug-likeness (QED) is 0.0451. The van der Waals surface area contributed by atoms with E-state index in [1.54, 1.807) is 0 Å². The summed E-state index contributed by atoms with van der Waals surface area (Å²) in [6.07, 6.45) is 9.31. The van der Waals surface area contributed by atoms with Crippen LogP contribution in [0.5, 0.6) is 0 Å². The lowest BCUT2D eigenvalue weighted by Crippen LogP contribution is -2.69. The SMILES string of the molecule is C=C1C[C@H](CCC=O)O[C@H]1CC[C@H]1C[C@@H](C)C(=C)[C@@H](C[C@@H]2O[C@H](C[C@H]3CCC(C)(C)O3)[C@H](C)[C@H]2C(C(=O)C[C@H]2CCC3O[C@@H]([C@H](/C=C/I)O[Si](C)(C)C(C)(C)C)[C@@H](O[Si](C)(C)C(C)(C)C)[C@@H](O[Si](C)(C)C(C)(C)C)[C@H]3O2)c2ccccc2)O1. The summed E-state index contributed by atoms with van der Waals surface area (Å²) in [5, 5.41) is -0.232. The molecular formula is C68H113IO11Si3. The fourth-order valence-electron chi connectivity index (χ4n) is 13.3. The van der Waals surface area contributed by atoms with E-state index in [1.807, 2.05) is 6.07 Å². The molecule has 0 saturated carbocycles. The first-order chi connectivity index (χ1) is 38.5. The van der Waals surface area contributed by atoms with Crippen molar-refractivity contribution >= 4 is 59.6 Å². The highest BCUT2D eigenvalue weighted by atomic mass is 127. The van der Waals surface area contributed by atoms with Gasteiger partial charge in [-0.05, 0) is 165 Å². The normalized spacial score (nSPS) is 34.7. The lowest BCUT2D eigenvalue weighted by Gasteiger charge is -2.56. The number of ether oxygens (including phenoxy) is 6. The number of halogens is 1. The molecule has 2 unspecified atom stereocenters. The molecule has 0 radical (unpaired) electrons. The predicted molar refractivity (Wildman–Crippen MR) is 352 cm³/mol. The molecule has 6 heterocycles. The van der Waals surface area contributed by atoms with Gasteiger partial charge in [0.15, 0.2) is 25.0 Å². The van der Waals surface area contributed by atoms with Crippen LogP contribution in [0.25, 0.3) is 0 Å². The Balaban J connectivity index is 1.21. The average Bonchev–Trinajstić information content (AvgIpc) is 1.94. The van der Waals surface area contributed by atoms with Crippen molar-refractivity contribution in [3.63, 3.8) is 0 Å². The molecule has 11 nitrogen and oxygen atoms in total. The van der Waals surface area contributed by atoms with Crippen LogP contribution in [0.2, 0.25) is 54.4 Å². The van der Waals surface area contributed by atoms with Gasteiger partial charge >= 0.3 is 0 Å². The van der Waals surface area contributed by atoms with Gasteiger partial charge in [-0.1, -0.05) is 142 Å². The van der Waals surface area contributed by atoms with Gasteiger partial charge < -0.3 is 46.5 Å². The Morgan fingerprint density at radius 1 is 0.735 bits per heavy atom. The first kappa shape index (κ1) is 69.3. The number of hydrogen-bond donors (Lipinski definition) is 0. The number of benzene rings is 1. The molecule has 0 spiro atoms. The lowest BCUT2D eigenvalue weighted by atomic mass is 9.70. The number of ketones is 1. The summed E-state index contributed by atoms with van der Waals surface area (Å²) in [6.45, 7) is 52.6. The van der Waals surface area contributed by atoms with Crippen LogP contribution in [-0.4, -0.2) is 128 Å². The highest BCUT2D eigenvalue weighted by Crippen LogP contribution is 2.51. The van der Waals surface area contributed by atoms with Crippen molar-refractivity contribution in [1.82, 2.24) is 0 Å². The van der Waals surface area contributed by atoms with Crippen molar-refractivity contribution in [2.24, 2.45) is 17.8 Å². The van der Waals surface area contributed by atoms with E-state index in [0.29, 0.717) is 25.7 Å². The van der Waals surface area contributed by atoms with Crippen LogP contribution < -0.4 is 0 Å². The Hall–Kier alpha value is -1.20. The van der Waals surface area contributed by atoms with E-state index in [-0.39, 0.29) is 112 Å². The number of carbonyl (C=O) groups is 2. The second-order valence-electron chi connectivity index (χ2n) is 31.4. The molecule has 0 aliphatic carbocycles. The maximum atomic E-state index is 16.1. The molecule has 83 heavy (non-hydrogen) atoms. The van der Waals surface area contributed by atoms with Crippen LogP contribution in [0.15, 0.2) is 64.8 Å². The minimum absolute atomic E-state index is 0.0145. The Morgan fingerprint density at radius 3 is 1.95 bits per heavy atom. The van der Waals surface area contributed by atoms with Gasteiger partial charge in [0.2, 0.25) is 0 Å². The zero-order valence-corrected chi connectivity index (χ0v) is 60.1. The first-order valence-corrected chi connectivity index (χ1v) is 42.1. The number of rotatable bonds is 23. The third-order valence-electron chi connectivity index (χ3n) is 21.6. The highest BCUT2D eigenvalue weighted by molar-refractivity contribution is 14.1. The molecule has 7 rings (SSSR count). The van der Waals surface area contributed by atoms with Gasteiger partial charge in [0, 0.05) is 37.5 Å². The predicted octanol–water partition coefficient (Wildman–Crippen LogP) is 16.7. The summed E-state index contributed by atoms with van der Waals surface area (Å²) >= 11 is 2.32. The molecule has 0 bridgehead atoms. The summed E-state index contributed by atoms with van der Waals surface area (Å²) < 4.78 is 67.6. The standard InChI is InChI=1S/C68H113IO11Si3/c1-43-38-49(29-31-53-44(2)39-48(72-53)28-25-37-70)73-57(45(43)3)42-58-59(46(4)56(75-58)41-51-33-35-68(14,15)77-51)60(47-26-23-22-24-27-47)52(71)40-50-30-32-54-61(74-50)63(79-82(18,19)66(8,9)10)64(80-83(20,21)67(11,12)13)62(76-54)55(34-36-69)78-81(16,17)65(5,6)7/h22-24,26-27,34,36-37,43,46,48-51,53-64H,2-3,25,28-33,35,38-42H2,1,4-21H3/b36-34+/t43-,46+,48+,49+,50-,51-,53+,54?,55+,56-,57-,58+,59-,60?,61+,62+,63+,64-/m1/s1. The largest absolute Gasteiger partial charge is 0.408 e. The van der Waals surface area contributed by atoms with Gasteiger partial charge in [0.05, 0.1) is 66.6 Å². The van der Waals surface area contributed by atoms with Crippen LogP contribution in [0, 0.1) is 17.8 Å². The van der Waals surface area contributed by atoms with Crippen LogP contribution in [0.3, 0.4) is 0 Å². The molecule has 0 amide bonds. The van der Waals surface area contributed by atoms with E-state index in [9.17, 15) is 4.79 Å². The van der Waals surface area contributed by atoms with Gasteiger partial charge in [0.1, 0.15) is 36.5 Å². The second-order valence-corrected chi connectivity index (χ2v) is 46.4. The summed E-state index contributed by atoms with van der Waals surface area (Å²) in [6, 6.07) is 10.5. The Kier molecular flexibility index (Phi) is 22.9. The topological polar surface area (TPSA) is 117 Å². The van der Waals surface area contributed by atoms with Gasteiger partial charge in [-0.3, -0.25) is 4.79 Å². The molecule has 0 aromatic heterocycles. The van der Waals surface area contributed by atoms with Gasteiger partial charge in [0.25, 0.3) is 0 Å². The van der Waals surface area contributed by atoms with E-state index in [1.165, 1.54) is 0 Å². The summed E-state index contributed by atoms with van der Waals surface area (Å²) in [4.78, 5) is 27.2. The molecule has 15 heteroatoms. The fourth-order valence-corrected chi connectivity index (χ4v) is 17.6. The average molecular weight is 1320 g/mol. The molecule has 6 aliphatic heterocycles. The van der Waals surface area contributed by atoms with Crippen LogP contribution in [-0.2, 0) is 51.3 Å². The van der Waals surface area contributed by atoms with E-state index < -0.39 is 55.3 Å². The van der Waals surface area contributed by atoms with E-state index in [4.69, 9.17) is 48.3 Å². The molecule has 470 valence electrons. The summed E-state index contributed by atoms with van der Waals surface area (Å²) in [5.74, 6) is -0.145. The monoisotopic (exact) mass is 1320 g/mol. The minimum Gasteiger partial charge on any atom is -0.408 e. The molecule has 6 fully saturated rings. The van der Waals surface area contributed by atoms with Crippen molar-refractivity contribution in [2.45, 2.75) is 325 Å². The van der Waals surface area contributed by atoms with Crippen LogP contribution in [0.1, 0.15) is 185 Å². The van der Waals surface area contributed by atoms with Crippen LogP contribution in [0.4, 0.5) is 0 Å². The zero-order valence-electron chi connectivity index (χ0n) is 55.0. The van der Waals surface area contributed by atoms with Crippen molar-refractivity contribution in [1.29, 1.82) is 0 Å². The van der Waals surface area contributed by atoms with E-state index in [2.05, 4.69) is 193 Å². The van der Waals surface area contributed by atoms with Crippen molar-refractivity contribution < 1.29 is 51.3 Å². The van der Waals surface area contributed by atoms with Crippen molar-refractivity contribution in [2.75, 3.05) is 0 Å². The molecule has 1 aromatic rings. The van der Waals surface area contributed by atoms with E-state index in [0.717, 1.165) is 74.4 Å². The van der Waals surface area contributed by atoms with Crippen molar-refractivity contribution in [3.8, 4) is 0 Å². The fraction of sp³-hybridized carbons (Fsp3) is 0.794. The van der Waals surface area contributed by atoms with Gasteiger partial charge in [-0.15, -0.1) is 0 Å². The van der Waals surface area contributed by atoms with Gasteiger partial charge in [-0.2, -0.15) is 0 Å². The first-order valence-electron chi connectivity index (χ1n) is 32.1. The maximum Gasteiger partial charge on any atom is 0.193 e. The summed E-state index contributed by atoms with van der Waals surface area (Å²) in [5.41, 5.74) is 3.03. The Bertz CT molecular complexity index is 2370. The molecule has 6 aliphatic rings. The smallest absolute Gasteiger partial charge is 0.193 e. The van der Waals surface area contributed by atoms with Gasteiger partial charge in [-0.25, -0.2) is 0 Å². The third-order valence-corrected chi connectivity index (χ3v) is 35.4. The van der Waals surface area contributed by atoms with Crippen molar-refractivity contribution in [3.05, 3.63) is 70.4 Å². The number of Topliss-reactive ketones (excluding diaryl/α,β-unsaturated/α-hetero) is 1. The van der Waals surface area contributed by atoms with E-state index >= 15 is 4.79 Å². The number of hydrogen-bond acceptors (Lipinski definition) is 11. The molecular weight excluding hydrogens is 1200 g/mol. The highest BCUT2D eigenvalue weighted by Gasteiger charge is 2.59. The zero-order chi connectivity index (χ0) is 61.4. The molecule has 18 atom stereocenters. The third kappa shape index (κ3) is 16.8. The maximum absolute atomic E-state index is 16.1. The Morgan fingerprint density at radius 2 is 1.36 bits per heavy atom. The number of aldehydes is 1. The molecule has 1 aromatic carbocycles. The number of carbonyl (C=O) groups excluding carboxylic acids is 2. The second kappa shape index (κ2) is 27.5. The van der Waals surface area contributed by atoms with Crippen LogP contribution >= 0.6 is 22.6 Å². The minimum atomic E-state index is -2.50. The Labute approximate surface area is 520 Å². The lowest BCUT2D eigenvalue weighted by molar-refractivity contribution is -0.266. The molecule has 6 saturated heterocycles. The number of fused-ring (bicyclic) bond motifs is 1. The summed E-state index contributed by atoms with van der Waals surface area (Å²) in [7, 11) is -7.31. The molecule has 0 N–H and O–H groups in total.